The molecule has 1 unspecified atom stereocenters. The molecule has 3 heterocycles. The molecule has 0 aliphatic carbocycles. The predicted molar refractivity (Wildman–Crippen MR) is 95.5 cm³/mol. The van der Waals surface area contributed by atoms with Crippen molar-refractivity contribution < 1.29 is 9.53 Å². The maximum absolute atomic E-state index is 12.8. The first-order valence-corrected chi connectivity index (χ1v) is 8.79. The van der Waals surface area contributed by atoms with Crippen molar-refractivity contribution in [3.05, 3.63) is 41.7 Å². The van der Waals surface area contributed by atoms with E-state index in [0.717, 1.165) is 35.5 Å². The van der Waals surface area contributed by atoms with Gasteiger partial charge in [-0.15, -0.1) is 10.2 Å². The van der Waals surface area contributed by atoms with Gasteiger partial charge in [0.15, 0.2) is 5.82 Å². The molecule has 1 aliphatic rings. The van der Waals surface area contributed by atoms with Gasteiger partial charge in [-0.1, -0.05) is 12.1 Å². The van der Waals surface area contributed by atoms with Crippen LogP contribution in [0.25, 0.3) is 11.0 Å². The average Bonchev–Trinajstić information content (AvgIpc) is 3.22. The van der Waals surface area contributed by atoms with Gasteiger partial charge >= 0.3 is 0 Å². The fraction of sp³-hybridized carbons (Fsp3) is 0.444. The molecule has 1 amide bonds. The van der Waals surface area contributed by atoms with Crippen LogP contribution in [0.3, 0.4) is 0 Å². The lowest BCUT2D eigenvalue weighted by atomic mass is 10.00. The summed E-state index contributed by atoms with van der Waals surface area (Å²) in [4.78, 5) is 20.7. The van der Waals surface area contributed by atoms with Crippen LogP contribution < -0.4 is 5.32 Å². The molecule has 0 bridgehead atoms. The Kier molecular flexibility index (Phi) is 4.20. The summed E-state index contributed by atoms with van der Waals surface area (Å²) >= 11 is 0. The Balaban J connectivity index is 1.36. The molecule has 8 heteroatoms. The summed E-state index contributed by atoms with van der Waals surface area (Å²) in [7, 11) is 0. The number of ether oxygens (including phenoxy) is 1. The number of carbonyl (C=O) groups is 1. The van der Waals surface area contributed by atoms with Crippen molar-refractivity contribution in [2.24, 2.45) is 0 Å². The molecule has 0 fully saturated rings. The molecule has 0 saturated heterocycles. The second-order valence-electron chi connectivity index (χ2n) is 6.83. The number of aromatic amines is 1. The number of rotatable bonds is 5. The van der Waals surface area contributed by atoms with Gasteiger partial charge in [-0.2, -0.15) is 0 Å². The summed E-state index contributed by atoms with van der Waals surface area (Å²) in [5.74, 6) is 2.27. The number of aryl methyl sites for hydroxylation is 2. The molecule has 4 rings (SSSR count). The number of hydrogen-bond acceptors (Lipinski definition) is 5. The van der Waals surface area contributed by atoms with Crippen LogP contribution in [-0.4, -0.2) is 43.8 Å². The molecule has 0 spiro atoms. The lowest BCUT2D eigenvalue weighted by Gasteiger charge is -2.34. The van der Waals surface area contributed by atoms with Gasteiger partial charge in [-0.3, -0.25) is 9.36 Å². The van der Waals surface area contributed by atoms with Gasteiger partial charge in [0.25, 0.3) is 0 Å². The summed E-state index contributed by atoms with van der Waals surface area (Å²) in [5.41, 5.74) is 1.18. The zero-order valence-corrected chi connectivity index (χ0v) is 15.0. The van der Waals surface area contributed by atoms with E-state index >= 15 is 0 Å². The highest BCUT2D eigenvalue weighted by Crippen LogP contribution is 2.25. The highest BCUT2D eigenvalue weighted by Gasteiger charge is 2.41. The van der Waals surface area contributed by atoms with Crippen molar-refractivity contribution >= 4 is 16.9 Å². The molecule has 2 aromatic heterocycles. The number of fused-ring (bicyclic) bond motifs is 2. The molecule has 1 atom stereocenters. The molecule has 1 aliphatic heterocycles. The number of nitrogens with zero attached hydrogens (tertiary/aromatic N) is 4. The molecule has 1 aromatic carbocycles. The minimum atomic E-state index is -0.819. The van der Waals surface area contributed by atoms with Crippen molar-refractivity contribution in [2.75, 3.05) is 13.2 Å². The highest BCUT2D eigenvalue weighted by molar-refractivity contribution is 5.84. The quantitative estimate of drug-likeness (QED) is 0.676. The zero-order valence-electron chi connectivity index (χ0n) is 15.0. The van der Waals surface area contributed by atoms with E-state index < -0.39 is 5.54 Å². The number of imidazole rings is 1. The minimum absolute atomic E-state index is 0.0778. The van der Waals surface area contributed by atoms with Crippen molar-refractivity contribution in [3.63, 3.8) is 0 Å². The Morgan fingerprint density at radius 3 is 3.08 bits per heavy atom. The van der Waals surface area contributed by atoms with E-state index in [1.807, 2.05) is 42.7 Å². The van der Waals surface area contributed by atoms with Crippen LogP contribution in [0.1, 0.15) is 30.8 Å². The summed E-state index contributed by atoms with van der Waals surface area (Å²) in [6.07, 6.45) is 1.58. The number of nitrogens with one attached hydrogen (secondary N) is 2. The van der Waals surface area contributed by atoms with E-state index in [9.17, 15) is 4.79 Å². The highest BCUT2D eigenvalue weighted by atomic mass is 16.5. The maximum atomic E-state index is 12.8. The third-order valence-corrected chi connectivity index (χ3v) is 4.80. The Labute approximate surface area is 151 Å². The Bertz CT molecular complexity index is 913. The molecule has 26 heavy (non-hydrogen) atoms. The third-order valence-electron chi connectivity index (χ3n) is 4.80. The number of benzene rings is 1. The van der Waals surface area contributed by atoms with Crippen LogP contribution >= 0.6 is 0 Å². The van der Waals surface area contributed by atoms with Crippen LogP contribution in [0, 0.1) is 6.92 Å². The van der Waals surface area contributed by atoms with Crippen molar-refractivity contribution in [3.8, 4) is 0 Å². The van der Waals surface area contributed by atoms with Crippen molar-refractivity contribution in [2.45, 2.75) is 38.8 Å². The molecule has 0 saturated carbocycles. The predicted octanol–water partition coefficient (Wildman–Crippen LogP) is 1.46. The fourth-order valence-corrected chi connectivity index (χ4v) is 3.49. The maximum Gasteiger partial charge on any atom is 0.248 e. The van der Waals surface area contributed by atoms with Crippen LogP contribution in [0.4, 0.5) is 0 Å². The Morgan fingerprint density at radius 1 is 1.38 bits per heavy atom. The number of carbonyl (C=O) groups excluding carboxylic acids is 1. The molecule has 2 N–H and O–H groups in total. The molecule has 0 radical (unpaired) electrons. The molecule has 8 nitrogen and oxygen atoms in total. The first-order valence-electron chi connectivity index (χ1n) is 8.79. The van der Waals surface area contributed by atoms with E-state index in [1.54, 1.807) is 0 Å². The van der Waals surface area contributed by atoms with E-state index in [-0.39, 0.29) is 5.91 Å². The third kappa shape index (κ3) is 2.86. The standard InChI is InChI=1S/C18H22N6O2/c1-12-22-23-16-10-26-11-18(2,24(12)16)17(25)19-9-5-8-15-20-13-6-3-4-7-14(13)21-15/h3-4,6-7H,5,8-11H2,1-2H3,(H,19,25)(H,20,21). The average molecular weight is 354 g/mol. The zero-order chi connectivity index (χ0) is 18.1. The minimum Gasteiger partial charge on any atom is -0.370 e. The van der Waals surface area contributed by atoms with Crippen molar-refractivity contribution in [1.82, 2.24) is 30.0 Å². The van der Waals surface area contributed by atoms with Gasteiger partial charge in [-0.25, -0.2) is 4.98 Å². The van der Waals surface area contributed by atoms with Crippen LogP contribution in [0.5, 0.6) is 0 Å². The van der Waals surface area contributed by atoms with Gasteiger partial charge in [-0.05, 0) is 32.4 Å². The van der Waals surface area contributed by atoms with Crippen LogP contribution in [0.15, 0.2) is 24.3 Å². The van der Waals surface area contributed by atoms with Crippen LogP contribution in [0.2, 0.25) is 0 Å². The van der Waals surface area contributed by atoms with Gasteiger partial charge < -0.3 is 15.0 Å². The normalized spacial score (nSPS) is 19.5. The number of H-pyrrole nitrogens is 1. The fourth-order valence-electron chi connectivity index (χ4n) is 3.49. The van der Waals surface area contributed by atoms with Gasteiger partial charge in [0.2, 0.25) is 5.91 Å². The number of amides is 1. The van der Waals surface area contributed by atoms with E-state index in [2.05, 4.69) is 25.5 Å². The first kappa shape index (κ1) is 16.7. The Morgan fingerprint density at radius 2 is 2.23 bits per heavy atom. The molecular weight excluding hydrogens is 332 g/mol. The van der Waals surface area contributed by atoms with E-state index in [0.29, 0.717) is 25.6 Å². The second-order valence-corrected chi connectivity index (χ2v) is 6.83. The SMILES string of the molecule is Cc1nnc2n1C(C)(C(=O)NCCCc1nc3ccccc3[nH]1)COC2. The largest absolute Gasteiger partial charge is 0.370 e. The monoisotopic (exact) mass is 354 g/mol. The van der Waals surface area contributed by atoms with Crippen molar-refractivity contribution in [1.29, 1.82) is 0 Å². The smallest absolute Gasteiger partial charge is 0.248 e. The van der Waals surface area contributed by atoms with Crippen LogP contribution in [-0.2, 0) is 28.1 Å². The number of aromatic nitrogens is 5. The lowest BCUT2D eigenvalue weighted by Crippen LogP contribution is -2.53. The molecular formula is C18H22N6O2. The van der Waals surface area contributed by atoms with Gasteiger partial charge in [0.1, 0.15) is 23.8 Å². The number of hydrogen-bond donors (Lipinski definition) is 2. The summed E-state index contributed by atoms with van der Waals surface area (Å²) < 4.78 is 7.44. The summed E-state index contributed by atoms with van der Waals surface area (Å²) in [5, 5.41) is 11.2. The second kappa shape index (κ2) is 6.53. The molecule has 3 aromatic rings. The van der Waals surface area contributed by atoms with Gasteiger partial charge in [0, 0.05) is 13.0 Å². The first-order chi connectivity index (χ1) is 12.6. The molecule has 136 valence electrons. The Hall–Kier alpha value is -2.74. The van der Waals surface area contributed by atoms with E-state index in [4.69, 9.17) is 4.74 Å². The summed E-state index contributed by atoms with van der Waals surface area (Å²) in [6, 6.07) is 7.96. The van der Waals surface area contributed by atoms with E-state index in [1.165, 1.54) is 0 Å². The topological polar surface area (TPSA) is 97.7 Å². The number of para-hydroxylation sites is 2. The summed E-state index contributed by atoms with van der Waals surface area (Å²) in [6.45, 7) is 4.99. The van der Waals surface area contributed by atoms with Gasteiger partial charge in [0.05, 0.1) is 17.6 Å². The lowest BCUT2D eigenvalue weighted by molar-refractivity contribution is -0.135.